The summed E-state index contributed by atoms with van der Waals surface area (Å²) in [5.74, 6) is -1.67. The number of nitrogens with one attached hydrogen (secondary N) is 1. The molecule has 0 heterocycles. The van der Waals surface area contributed by atoms with E-state index < -0.39 is 22.6 Å². The molecular weight excluding hydrogens is 392 g/mol. The van der Waals surface area contributed by atoms with Crippen molar-refractivity contribution in [2.24, 2.45) is 0 Å². The van der Waals surface area contributed by atoms with E-state index in [1.54, 1.807) is 19.9 Å². The summed E-state index contributed by atoms with van der Waals surface area (Å²) in [6.07, 6.45) is 0. The van der Waals surface area contributed by atoms with E-state index in [-0.39, 0.29) is 26.9 Å². The molecule has 0 radical (unpaired) electrons. The van der Waals surface area contributed by atoms with E-state index in [1.165, 1.54) is 6.07 Å². The normalized spacial score (nSPS) is 11.5. The third-order valence-electron chi connectivity index (χ3n) is 3.38. The van der Waals surface area contributed by atoms with Crippen LogP contribution in [0, 0.1) is 13.8 Å². The van der Waals surface area contributed by atoms with Gasteiger partial charge in [-0.3, -0.25) is 4.72 Å². The molecule has 0 aromatic heterocycles. The number of aromatic carboxylic acids is 1. The second-order valence-electron chi connectivity index (χ2n) is 5.39. The minimum atomic E-state index is -4.21. The Labute approximate surface area is 153 Å². The van der Waals surface area contributed by atoms with Crippen LogP contribution in [0.4, 0.5) is 14.5 Å². The number of hydrogen-bond acceptors (Lipinski definition) is 4. The predicted octanol–water partition coefficient (Wildman–Crippen LogP) is 4.06. The highest BCUT2D eigenvalue weighted by molar-refractivity contribution is 7.92. The molecule has 10 heteroatoms. The first-order chi connectivity index (χ1) is 12.0. The average molecular weight is 406 g/mol. The van der Waals surface area contributed by atoms with Crippen molar-refractivity contribution in [3.05, 3.63) is 52.0 Å². The number of carboxylic acids is 1. The maximum Gasteiger partial charge on any atom is 0.387 e. The lowest BCUT2D eigenvalue weighted by molar-refractivity contribution is -0.0498. The highest BCUT2D eigenvalue weighted by Crippen LogP contribution is 2.31. The van der Waals surface area contributed by atoms with Gasteiger partial charge in [-0.25, -0.2) is 13.2 Å². The molecule has 2 aromatic carbocycles. The van der Waals surface area contributed by atoms with E-state index in [2.05, 4.69) is 9.46 Å². The van der Waals surface area contributed by atoms with Crippen LogP contribution in [0.1, 0.15) is 21.5 Å². The maximum atomic E-state index is 12.5. The number of carbonyl (C=O) groups is 1. The van der Waals surface area contributed by atoms with Gasteiger partial charge in [-0.05, 0) is 49.2 Å². The standard InChI is InChI=1S/C16H14ClF2NO5S/c1-8-5-9(2)14(11(6-8)15(21)22)20-26(23,24)10-3-4-13(12(17)7-10)25-16(18)19/h3-7,16,20H,1-2H3,(H,21,22). The van der Waals surface area contributed by atoms with Gasteiger partial charge >= 0.3 is 12.6 Å². The van der Waals surface area contributed by atoms with Crippen LogP contribution < -0.4 is 9.46 Å². The van der Waals surface area contributed by atoms with Gasteiger partial charge in [0.2, 0.25) is 0 Å². The highest BCUT2D eigenvalue weighted by atomic mass is 35.5. The first kappa shape index (κ1) is 19.9. The number of carboxylic acid groups (broad SMARTS) is 1. The van der Waals surface area contributed by atoms with Gasteiger partial charge in [0.25, 0.3) is 10.0 Å². The Morgan fingerprint density at radius 3 is 2.42 bits per heavy atom. The molecule has 2 rings (SSSR count). The zero-order chi connectivity index (χ0) is 19.6. The lowest BCUT2D eigenvalue weighted by atomic mass is 10.0. The van der Waals surface area contributed by atoms with Gasteiger partial charge in [-0.2, -0.15) is 8.78 Å². The van der Waals surface area contributed by atoms with Crippen molar-refractivity contribution in [3.8, 4) is 5.75 Å². The van der Waals surface area contributed by atoms with Crippen LogP contribution >= 0.6 is 11.6 Å². The Morgan fingerprint density at radius 1 is 1.23 bits per heavy atom. The summed E-state index contributed by atoms with van der Waals surface area (Å²) >= 11 is 5.77. The summed E-state index contributed by atoms with van der Waals surface area (Å²) in [7, 11) is -4.21. The van der Waals surface area contributed by atoms with E-state index in [0.29, 0.717) is 11.1 Å². The second kappa shape index (κ2) is 7.46. The number of hydrogen-bond donors (Lipinski definition) is 2. The molecule has 0 spiro atoms. The van der Waals surface area contributed by atoms with E-state index in [1.807, 2.05) is 0 Å². The third kappa shape index (κ3) is 4.41. The SMILES string of the molecule is Cc1cc(C)c(NS(=O)(=O)c2ccc(OC(F)F)c(Cl)c2)c(C(=O)O)c1. The number of aryl methyl sites for hydroxylation is 2. The van der Waals surface area contributed by atoms with Gasteiger partial charge in [0.05, 0.1) is 21.2 Å². The van der Waals surface area contributed by atoms with E-state index in [9.17, 15) is 27.1 Å². The fourth-order valence-electron chi connectivity index (χ4n) is 2.31. The minimum absolute atomic E-state index is 0.0906. The first-order valence-corrected chi connectivity index (χ1v) is 8.99. The van der Waals surface area contributed by atoms with Crippen LogP contribution in [0.3, 0.4) is 0 Å². The molecule has 6 nitrogen and oxygen atoms in total. The van der Waals surface area contributed by atoms with Crippen molar-refractivity contribution in [3.63, 3.8) is 0 Å². The van der Waals surface area contributed by atoms with Crippen molar-refractivity contribution in [2.75, 3.05) is 4.72 Å². The zero-order valence-electron chi connectivity index (χ0n) is 13.6. The summed E-state index contributed by atoms with van der Waals surface area (Å²) in [4.78, 5) is 11.1. The molecule has 26 heavy (non-hydrogen) atoms. The van der Waals surface area contributed by atoms with Gasteiger partial charge in [-0.15, -0.1) is 0 Å². The lowest BCUT2D eigenvalue weighted by Gasteiger charge is -2.15. The van der Waals surface area contributed by atoms with Crippen molar-refractivity contribution in [2.45, 2.75) is 25.4 Å². The van der Waals surface area contributed by atoms with Crippen molar-refractivity contribution in [1.82, 2.24) is 0 Å². The fraction of sp³-hybridized carbons (Fsp3) is 0.188. The molecule has 0 bridgehead atoms. The number of halogens is 3. The molecule has 140 valence electrons. The van der Waals surface area contributed by atoms with Gasteiger partial charge in [-0.1, -0.05) is 17.7 Å². The van der Waals surface area contributed by atoms with Gasteiger partial charge in [0, 0.05) is 0 Å². The fourth-order valence-corrected chi connectivity index (χ4v) is 3.77. The number of rotatable bonds is 6. The topological polar surface area (TPSA) is 92.7 Å². The van der Waals surface area contributed by atoms with Gasteiger partial charge < -0.3 is 9.84 Å². The van der Waals surface area contributed by atoms with Crippen LogP contribution in [0.5, 0.6) is 5.75 Å². The molecule has 2 N–H and O–H groups in total. The zero-order valence-corrected chi connectivity index (χ0v) is 15.2. The second-order valence-corrected chi connectivity index (χ2v) is 7.48. The summed E-state index contributed by atoms with van der Waals surface area (Å²) in [6.45, 7) is 0.129. The van der Waals surface area contributed by atoms with Gasteiger partial charge in [0.1, 0.15) is 5.75 Å². The Hall–Kier alpha value is -2.39. The predicted molar refractivity (Wildman–Crippen MR) is 91.8 cm³/mol. The number of benzene rings is 2. The number of alkyl halides is 2. The molecule has 2 aromatic rings. The molecule has 0 amide bonds. The molecule has 0 aliphatic heterocycles. The molecule has 0 unspecified atom stereocenters. The third-order valence-corrected chi connectivity index (χ3v) is 5.02. The summed E-state index contributed by atoms with van der Waals surface area (Å²) in [6, 6.07) is 5.90. The Kier molecular flexibility index (Phi) is 5.72. The molecule has 0 fully saturated rings. The first-order valence-electron chi connectivity index (χ1n) is 7.13. The number of sulfonamides is 1. The molecule has 0 aliphatic carbocycles. The van der Waals surface area contributed by atoms with Crippen LogP contribution in [0.25, 0.3) is 0 Å². The Bertz CT molecular complexity index is 963. The van der Waals surface area contributed by atoms with Crippen LogP contribution in [0.2, 0.25) is 5.02 Å². The monoisotopic (exact) mass is 405 g/mol. The minimum Gasteiger partial charge on any atom is -0.478 e. The highest BCUT2D eigenvalue weighted by Gasteiger charge is 2.22. The van der Waals surface area contributed by atoms with Crippen LogP contribution in [-0.4, -0.2) is 26.1 Å². The molecule has 0 aliphatic rings. The largest absolute Gasteiger partial charge is 0.478 e. The van der Waals surface area contributed by atoms with E-state index in [4.69, 9.17) is 11.6 Å². The molecular formula is C16H14ClF2NO5S. The molecule has 0 saturated heterocycles. The number of anilines is 1. The van der Waals surface area contributed by atoms with Crippen molar-refractivity contribution < 1.29 is 31.8 Å². The summed E-state index contributed by atoms with van der Waals surface area (Å²) in [5, 5.41) is 8.98. The Balaban J connectivity index is 2.44. The number of ether oxygens (including phenoxy) is 1. The molecule has 0 saturated carbocycles. The van der Waals surface area contributed by atoms with Crippen molar-refractivity contribution >= 4 is 33.3 Å². The average Bonchev–Trinajstić information content (AvgIpc) is 2.51. The van der Waals surface area contributed by atoms with Crippen molar-refractivity contribution in [1.29, 1.82) is 0 Å². The smallest absolute Gasteiger partial charge is 0.387 e. The van der Waals surface area contributed by atoms with E-state index >= 15 is 0 Å². The maximum absolute atomic E-state index is 12.5. The Morgan fingerprint density at radius 2 is 1.88 bits per heavy atom. The summed E-state index contributed by atoms with van der Waals surface area (Å²) < 4.78 is 56.0. The van der Waals surface area contributed by atoms with Gasteiger partial charge in [0.15, 0.2) is 0 Å². The van der Waals surface area contributed by atoms with Crippen LogP contribution in [0.15, 0.2) is 35.2 Å². The lowest BCUT2D eigenvalue weighted by Crippen LogP contribution is -2.17. The quantitative estimate of drug-likeness (QED) is 0.756. The van der Waals surface area contributed by atoms with Crippen LogP contribution in [-0.2, 0) is 10.0 Å². The molecule has 0 atom stereocenters. The van der Waals surface area contributed by atoms with E-state index in [0.717, 1.165) is 18.2 Å². The summed E-state index contributed by atoms with van der Waals surface area (Å²) in [5.41, 5.74) is 0.760.